The Morgan fingerprint density at radius 1 is 1.09 bits per heavy atom. The second kappa shape index (κ2) is 8.65. The van der Waals surface area contributed by atoms with Crippen molar-refractivity contribution in [2.45, 2.75) is 19.1 Å². The number of carbonyl (C=O) groups excluding carboxylic acids is 2. The van der Waals surface area contributed by atoms with Crippen molar-refractivity contribution in [1.29, 1.82) is 0 Å². The van der Waals surface area contributed by atoms with E-state index in [4.69, 9.17) is 0 Å². The van der Waals surface area contributed by atoms with E-state index >= 15 is 0 Å². The lowest BCUT2D eigenvalue weighted by atomic mass is 10.1. The number of fused-ring (bicyclic) bond motifs is 1. The second-order valence-electron chi connectivity index (χ2n) is 7.12. The molecule has 1 atom stereocenters. The van der Waals surface area contributed by atoms with Crippen molar-refractivity contribution in [1.82, 2.24) is 9.78 Å². The predicted molar refractivity (Wildman–Crippen MR) is 115 cm³/mol. The number of nitrogens with zero attached hydrogens (tertiary/aromatic N) is 3. The van der Waals surface area contributed by atoms with E-state index < -0.39 is 29.4 Å². The standard InChI is InChI=1S/C21H16F4N4O2.H2S/c1-12-11-28(16-8-4-14(5-9-16)21(23,24)25)20(31)18-17(10-26-29(12)18)27-19(30)13-2-6-15(22)7-3-13;/h2-10,12H,11H2,1H3,(H,27,30);1H2/t12-;/m0./s1. The van der Waals surface area contributed by atoms with E-state index in [2.05, 4.69) is 10.4 Å². The molecule has 11 heteroatoms. The van der Waals surface area contributed by atoms with Crippen molar-refractivity contribution < 1.29 is 27.2 Å². The number of nitrogens with one attached hydrogen (secondary N) is 1. The number of aromatic nitrogens is 2. The van der Waals surface area contributed by atoms with Crippen molar-refractivity contribution in [3.8, 4) is 0 Å². The quantitative estimate of drug-likeness (QED) is 0.573. The Bertz CT molecular complexity index is 1140. The number of amides is 2. The van der Waals surface area contributed by atoms with Crippen LogP contribution >= 0.6 is 13.5 Å². The van der Waals surface area contributed by atoms with E-state index in [1.807, 2.05) is 0 Å². The molecule has 0 aliphatic carbocycles. The Morgan fingerprint density at radius 2 is 1.72 bits per heavy atom. The zero-order valence-electron chi connectivity index (χ0n) is 16.7. The molecule has 2 amide bonds. The van der Waals surface area contributed by atoms with Gasteiger partial charge in [0.2, 0.25) is 0 Å². The summed E-state index contributed by atoms with van der Waals surface area (Å²) in [6, 6.07) is 8.90. The SMILES string of the molecule is C[C@H]1CN(c2ccc(C(F)(F)F)cc2)C(=O)c2c(NC(=O)c3ccc(F)cc3)cnn21.S. The van der Waals surface area contributed by atoms with Crippen LogP contribution in [-0.4, -0.2) is 28.1 Å². The Hall–Kier alpha value is -3.34. The molecule has 0 saturated carbocycles. The summed E-state index contributed by atoms with van der Waals surface area (Å²) < 4.78 is 53.1. The molecule has 2 heterocycles. The fourth-order valence-electron chi connectivity index (χ4n) is 3.40. The van der Waals surface area contributed by atoms with Gasteiger partial charge in [0.05, 0.1) is 23.5 Å². The molecule has 1 aliphatic heterocycles. The van der Waals surface area contributed by atoms with Crippen molar-refractivity contribution in [3.05, 3.63) is 77.4 Å². The van der Waals surface area contributed by atoms with E-state index in [-0.39, 0.29) is 43.0 Å². The normalized spacial score (nSPS) is 15.7. The summed E-state index contributed by atoms with van der Waals surface area (Å²) in [5.74, 6) is -1.55. The van der Waals surface area contributed by atoms with E-state index in [1.165, 1.54) is 40.0 Å². The first-order chi connectivity index (χ1) is 14.6. The van der Waals surface area contributed by atoms with Gasteiger partial charge in [0.25, 0.3) is 11.8 Å². The smallest absolute Gasteiger partial charge is 0.319 e. The van der Waals surface area contributed by atoms with Crippen LogP contribution in [-0.2, 0) is 6.18 Å². The fraction of sp³-hybridized carbons (Fsp3) is 0.190. The van der Waals surface area contributed by atoms with Gasteiger partial charge >= 0.3 is 6.18 Å². The Balaban J connectivity index is 0.00000289. The summed E-state index contributed by atoms with van der Waals surface area (Å²) in [5, 5.41) is 6.77. The summed E-state index contributed by atoms with van der Waals surface area (Å²) in [6.45, 7) is 2.00. The number of alkyl halides is 3. The predicted octanol–water partition coefficient (Wildman–Crippen LogP) is 4.63. The summed E-state index contributed by atoms with van der Waals surface area (Å²) >= 11 is 0. The molecule has 3 aromatic rings. The zero-order valence-corrected chi connectivity index (χ0v) is 17.7. The number of halogens is 4. The highest BCUT2D eigenvalue weighted by Crippen LogP contribution is 2.33. The minimum Gasteiger partial charge on any atom is -0.319 e. The van der Waals surface area contributed by atoms with Gasteiger partial charge in [-0.1, -0.05) is 0 Å². The number of benzene rings is 2. The Kier molecular flexibility index (Phi) is 6.31. The molecule has 0 saturated heterocycles. The average molecular weight is 466 g/mol. The largest absolute Gasteiger partial charge is 0.416 e. The molecule has 0 spiro atoms. The molecule has 0 fully saturated rings. The molecule has 1 aliphatic rings. The molecule has 4 rings (SSSR count). The Morgan fingerprint density at radius 3 is 2.31 bits per heavy atom. The zero-order chi connectivity index (χ0) is 22.3. The van der Waals surface area contributed by atoms with Crippen LogP contribution in [0.2, 0.25) is 0 Å². The number of anilines is 2. The average Bonchev–Trinajstić information content (AvgIpc) is 3.15. The van der Waals surface area contributed by atoms with Crippen LogP contribution in [0.1, 0.15) is 39.4 Å². The lowest BCUT2D eigenvalue weighted by Crippen LogP contribution is -2.43. The molecule has 168 valence electrons. The van der Waals surface area contributed by atoms with Crippen LogP contribution in [0.15, 0.2) is 54.7 Å². The minimum absolute atomic E-state index is 0. The van der Waals surface area contributed by atoms with Crippen molar-refractivity contribution in [2.24, 2.45) is 0 Å². The number of hydrogen-bond donors (Lipinski definition) is 1. The van der Waals surface area contributed by atoms with Gasteiger partial charge in [-0.15, -0.1) is 0 Å². The molecule has 6 nitrogen and oxygen atoms in total. The van der Waals surface area contributed by atoms with Crippen molar-refractivity contribution in [2.75, 3.05) is 16.8 Å². The van der Waals surface area contributed by atoms with Gasteiger partial charge in [0.1, 0.15) is 5.82 Å². The third-order valence-electron chi connectivity index (χ3n) is 4.97. The van der Waals surface area contributed by atoms with Crippen molar-refractivity contribution in [3.63, 3.8) is 0 Å². The summed E-state index contributed by atoms with van der Waals surface area (Å²) in [5.41, 5.74) is -0.0618. The van der Waals surface area contributed by atoms with Gasteiger partial charge in [-0.05, 0) is 55.5 Å². The monoisotopic (exact) mass is 466 g/mol. The molecule has 0 radical (unpaired) electrons. The molecular weight excluding hydrogens is 448 g/mol. The molecule has 1 N–H and O–H groups in total. The highest BCUT2D eigenvalue weighted by molar-refractivity contribution is 7.59. The fourth-order valence-corrected chi connectivity index (χ4v) is 3.40. The summed E-state index contributed by atoms with van der Waals surface area (Å²) in [4.78, 5) is 27.0. The first kappa shape index (κ1) is 23.3. The van der Waals surface area contributed by atoms with Crippen LogP contribution < -0.4 is 10.2 Å². The topological polar surface area (TPSA) is 67.2 Å². The lowest BCUT2D eigenvalue weighted by Gasteiger charge is -2.32. The van der Waals surface area contributed by atoms with Crippen molar-refractivity contribution >= 4 is 36.7 Å². The molecule has 32 heavy (non-hydrogen) atoms. The van der Waals surface area contributed by atoms with Gasteiger partial charge < -0.3 is 10.2 Å². The maximum absolute atomic E-state index is 13.1. The van der Waals surface area contributed by atoms with Gasteiger partial charge in [0, 0.05) is 17.8 Å². The lowest BCUT2D eigenvalue weighted by molar-refractivity contribution is -0.137. The number of hydrogen-bond acceptors (Lipinski definition) is 3. The van der Waals surface area contributed by atoms with Crippen LogP contribution in [0, 0.1) is 5.82 Å². The number of rotatable bonds is 3. The molecule has 0 unspecified atom stereocenters. The van der Waals surface area contributed by atoms with Crippen LogP contribution in [0.25, 0.3) is 0 Å². The second-order valence-corrected chi connectivity index (χ2v) is 7.12. The first-order valence-corrected chi connectivity index (χ1v) is 9.28. The van der Waals surface area contributed by atoms with Gasteiger partial charge in [-0.3, -0.25) is 14.3 Å². The third-order valence-corrected chi connectivity index (χ3v) is 4.97. The molecule has 1 aromatic heterocycles. The Labute approximate surface area is 187 Å². The minimum atomic E-state index is -4.48. The van der Waals surface area contributed by atoms with Crippen LogP contribution in [0.4, 0.5) is 28.9 Å². The van der Waals surface area contributed by atoms with Crippen LogP contribution in [0.5, 0.6) is 0 Å². The molecule has 0 bridgehead atoms. The van der Waals surface area contributed by atoms with E-state index in [9.17, 15) is 27.2 Å². The first-order valence-electron chi connectivity index (χ1n) is 9.28. The summed E-state index contributed by atoms with van der Waals surface area (Å²) in [6.07, 6.45) is -3.14. The van der Waals surface area contributed by atoms with Gasteiger partial charge in [-0.2, -0.15) is 31.8 Å². The van der Waals surface area contributed by atoms with E-state index in [1.54, 1.807) is 6.92 Å². The van der Waals surface area contributed by atoms with Gasteiger partial charge in [-0.25, -0.2) is 4.39 Å². The number of carbonyl (C=O) groups is 2. The molecular formula is C21H18F4N4O2S. The van der Waals surface area contributed by atoms with Crippen LogP contribution in [0.3, 0.4) is 0 Å². The third kappa shape index (κ3) is 4.33. The highest BCUT2D eigenvalue weighted by Gasteiger charge is 2.35. The maximum Gasteiger partial charge on any atom is 0.416 e. The highest BCUT2D eigenvalue weighted by atomic mass is 32.1. The van der Waals surface area contributed by atoms with E-state index in [0.717, 1.165) is 24.3 Å². The summed E-state index contributed by atoms with van der Waals surface area (Å²) in [7, 11) is 0. The molecule has 2 aromatic carbocycles. The maximum atomic E-state index is 13.1. The van der Waals surface area contributed by atoms with E-state index in [0.29, 0.717) is 5.69 Å². The van der Waals surface area contributed by atoms with Gasteiger partial charge in [0.15, 0.2) is 5.69 Å².